The van der Waals surface area contributed by atoms with Crippen molar-refractivity contribution in [3.05, 3.63) is 36.8 Å². The molecular formula is C17H22N6O. The first-order valence-corrected chi connectivity index (χ1v) is 8.58. The molecule has 2 amide bonds. The van der Waals surface area contributed by atoms with Gasteiger partial charge in [0.25, 0.3) is 0 Å². The highest BCUT2D eigenvalue weighted by atomic mass is 16.2. The third-order valence-electron chi connectivity index (χ3n) is 4.93. The molecule has 0 aliphatic carbocycles. The molecule has 0 spiro atoms. The molecule has 0 bridgehead atoms. The van der Waals surface area contributed by atoms with E-state index in [4.69, 9.17) is 0 Å². The molecule has 24 heavy (non-hydrogen) atoms. The molecule has 0 aromatic carbocycles. The molecule has 0 saturated carbocycles. The Balaban J connectivity index is 1.44. The monoisotopic (exact) mass is 326 g/mol. The molecule has 7 heteroatoms. The Morgan fingerprint density at radius 3 is 3.00 bits per heavy atom. The van der Waals surface area contributed by atoms with Crippen LogP contribution in [0.2, 0.25) is 0 Å². The SMILES string of the molecule is O=C(Nc1cccnc1-n1cccn1)N[C@H]1CCN2CCCC[C@@H]12. The van der Waals surface area contributed by atoms with Gasteiger partial charge in [-0.15, -0.1) is 0 Å². The first-order chi connectivity index (χ1) is 11.8. The maximum Gasteiger partial charge on any atom is 0.319 e. The summed E-state index contributed by atoms with van der Waals surface area (Å²) in [6.07, 6.45) is 9.92. The van der Waals surface area contributed by atoms with E-state index >= 15 is 0 Å². The van der Waals surface area contributed by atoms with E-state index in [-0.39, 0.29) is 12.1 Å². The van der Waals surface area contributed by atoms with E-state index in [1.807, 2.05) is 18.3 Å². The van der Waals surface area contributed by atoms with Crippen LogP contribution in [0.5, 0.6) is 0 Å². The molecular weight excluding hydrogens is 304 g/mol. The minimum Gasteiger partial charge on any atom is -0.334 e. The fourth-order valence-corrected chi connectivity index (χ4v) is 3.81. The molecule has 2 aliphatic heterocycles. The molecule has 2 atom stereocenters. The fourth-order valence-electron chi connectivity index (χ4n) is 3.81. The third kappa shape index (κ3) is 2.99. The first kappa shape index (κ1) is 15.1. The van der Waals surface area contributed by atoms with E-state index in [2.05, 4.69) is 25.6 Å². The van der Waals surface area contributed by atoms with Crippen molar-refractivity contribution < 1.29 is 4.79 Å². The maximum atomic E-state index is 12.5. The van der Waals surface area contributed by atoms with Crippen molar-refractivity contribution in [1.82, 2.24) is 25.0 Å². The number of nitrogens with zero attached hydrogens (tertiary/aromatic N) is 4. The molecule has 2 aromatic heterocycles. The lowest BCUT2D eigenvalue weighted by Gasteiger charge is -2.32. The van der Waals surface area contributed by atoms with Crippen LogP contribution >= 0.6 is 0 Å². The topological polar surface area (TPSA) is 75.1 Å². The minimum absolute atomic E-state index is 0.172. The van der Waals surface area contributed by atoms with Gasteiger partial charge in [0.15, 0.2) is 5.82 Å². The Morgan fingerprint density at radius 2 is 2.12 bits per heavy atom. The minimum atomic E-state index is -0.172. The Hall–Kier alpha value is -2.41. The van der Waals surface area contributed by atoms with Crippen LogP contribution in [0.1, 0.15) is 25.7 Å². The zero-order valence-corrected chi connectivity index (χ0v) is 13.6. The summed E-state index contributed by atoms with van der Waals surface area (Å²) in [4.78, 5) is 19.3. The second-order valence-corrected chi connectivity index (χ2v) is 6.42. The van der Waals surface area contributed by atoms with Crippen LogP contribution in [-0.2, 0) is 0 Å². The van der Waals surface area contributed by atoms with Gasteiger partial charge in [-0.3, -0.25) is 4.90 Å². The molecule has 4 rings (SSSR count). The van der Waals surface area contributed by atoms with Gasteiger partial charge in [-0.1, -0.05) is 6.42 Å². The number of piperidine rings is 1. The molecule has 2 saturated heterocycles. The van der Waals surface area contributed by atoms with E-state index in [0.29, 0.717) is 17.5 Å². The van der Waals surface area contributed by atoms with Crippen molar-refractivity contribution in [3.63, 3.8) is 0 Å². The van der Waals surface area contributed by atoms with Gasteiger partial charge in [0.1, 0.15) is 0 Å². The van der Waals surface area contributed by atoms with Gasteiger partial charge in [-0.25, -0.2) is 14.5 Å². The lowest BCUT2D eigenvalue weighted by molar-refractivity contribution is 0.180. The predicted molar refractivity (Wildman–Crippen MR) is 91.1 cm³/mol. The predicted octanol–water partition coefficient (Wildman–Crippen LogP) is 2.02. The van der Waals surface area contributed by atoms with Crippen LogP contribution in [0.3, 0.4) is 0 Å². The highest BCUT2D eigenvalue weighted by Crippen LogP contribution is 2.27. The Labute approximate surface area is 141 Å². The first-order valence-electron chi connectivity index (χ1n) is 8.58. The van der Waals surface area contributed by atoms with Gasteiger partial charge in [0, 0.05) is 37.2 Å². The van der Waals surface area contributed by atoms with Gasteiger partial charge in [0.05, 0.1) is 5.69 Å². The van der Waals surface area contributed by atoms with Crippen molar-refractivity contribution >= 4 is 11.7 Å². The molecule has 7 nitrogen and oxygen atoms in total. The van der Waals surface area contributed by atoms with Crippen LogP contribution in [0, 0.1) is 0 Å². The summed E-state index contributed by atoms with van der Waals surface area (Å²) in [5, 5.41) is 10.3. The molecule has 4 heterocycles. The third-order valence-corrected chi connectivity index (χ3v) is 4.93. The fraction of sp³-hybridized carbons (Fsp3) is 0.471. The Morgan fingerprint density at radius 1 is 1.17 bits per heavy atom. The van der Waals surface area contributed by atoms with Gasteiger partial charge >= 0.3 is 6.03 Å². The maximum absolute atomic E-state index is 12.5. The summed E-state index contributed by atoms with van der Waals surface area (Å²) in [6.45, 7) is 2.25. The van der Waals surface area contributed by atoms with Crippen LogP contribution < -0.4 is 10.6 Å². The standard InChI is InChI=1S/C17H22N6O/c24-17(20-13-7-12-22-10-2-1-6-15(13)22)21-14-5-3-8-18-16(14)23-11-4-9-19-23/h3-5,8-9,11,13,15H,1-2,6-7,10,12H2,(H2,20,21,24)/t13-,15-/m0/s1. The van der Waals surface area contributed by atoms with Crippen LogP contribution in [-0.4, -0.2) is 50.9 Å². The summed E-state index contributed by atoms with van der Waals surface area (Å²) < 4.78 is 1.65. The number of carbonyl (C=O) groups excluding carboxylic acids is 1. The number of rotatable bonds is 3. The number of hydrogen-bond donors (Lipinski definition) is 2. The lowest BCUT2D eigenvalue weighted by Crippen LogP contribution is -2.48. The number of carbonyl (C=O) groups is 1. The molecule has 0 radical (unpaired) electrons. The molecule has 2 N–H and O–H groups in total. The second kappa shape index (κ2) is 6.60. The zero-order chi connectivity index (χ0) is 16.4. The zero-order valence-electron chi connectivity index (χ0n) is 13.6. The van der Waals surface area contributed by atoms with Crippen molar-refractivity contribution in [1.29, 1.82) is 0 Å². The van der Waals surface area contributed by atoms with Crippen molar-refractivity contribution in [2.45, 2.75) is 37.8 Å². The molecule has 2 fully saturated rings. The summed E-state index contributed by atoms with van der Waals surface area (Å²) >= 11 is 0. The number of urea groups is 1. The number of anilines is 1. The average Bonchev–Trinajstić information content (AvgIpc) is 3.26. The molecule has 2 aliphatic rings. The number of hydrogen-bond acceptors (Lipinski definition) is 4. The van der Waals surface area contributed by atoms with E-state index in [9.17, 15) is 4.79 Å². The summed E-state index contributed by atoms with van der Waals surface area (Å²) in [5.74, 6) is 0.614. The van der Waals surface area contributed by atoms with Gasteiger partial charge in [-0.05, 0) is 44.0 Å². The summed E-state index contributed by atoms with van der Waals surface area (Å²) in [5.41, 5.74) is 0.650. The van der Waals surface area contributed by atoms with E-state index in [1.165, 1.54) is 19.3 Å². The largest absolute Gasteiger partial charge is 0.334 e. The van der Waals surface area contributed by atoms with E-state index < -0.39 is 0 Å². The average molecular weight is 326 g/mol. The van der Waals surface area contributed by atoms with Crippen molar-refractivity contribution in [2.75, 3.05) is 18.4 Å². The van der Waals surface area contributed by atoms with Crippen molar-refractivity contribution in [3.8, 4) is 5.82 Å². The molecule has 2 aromatic rings. The number of fused-ring (bicyclic) bond motifs is 1. The molecule has 126 valence electrons. The summed E-state index contributed by atoms with van der Waals surface area (Å²) in [7, 11) is 0. The Bertz CT molecular complexity index is 701. The number of aromatic nitrogens is 3. The van der Waals surface area contributed by atoms with Crippen molar-refractivity contribution in [2.24, 2.45) is 0 Å². The van der Waals surface area contributed by atoms with E-state index in [0.717, 1.165) is 19.5 Å². The number of nitrogens with one attached hydrogen (secondary N) is 2. The second-order valence-electron chi connectivity index (χ2n) is 6.42. The number of pyridine rings is 1. The van der Waals surface area contributed by atoms with Crippen LogP contribution in [0.15, 0.2) is 36.8 Å². The highest BCUT2D eigenvalue weighted by Gasteiger charge is 2.36. The summed E-state index contributed by atoms with van der Waals surface area (Å²) in [6, 6.07) is 6.02. The quantitative estimate of drug-likeness (QED) is 0.905. The van der Waals surface area contributed by atoms with Crippen LogP contribution in [0.4, 0.5) is 10.5 Å². The Kier molecular flexibility index (Phi) is 4.17. The highest BCUT2D eigenvalue weighted by molar-refractivity contribution is 5.91. The van der Waals surface area contributed by atoms with Crippen LogP contribution in [0.25, 0.3) is 5.82 Å². The van der Waals surface area contributed by atoms with Gasteiger partial charge in [-0.2, -0.15) is 5.10 Å². The lowest BCUT2D eigenvalue weighted by atomic mass is 9.99. The number of amides is 2. The normalized spacial score (nSPS) is 23.7. The van der Waals surface area contributed by atoms with E-state index in [1.54, 1.807) is 23.1 Å². The smallest absolute Gasteiger partial charge is 0.319 e. The van der Waals surface area contributed by atoms with Gasteiger partial charge < -0.3 is 10.6 Å². The van der Waals surface area contributed by atoms with Gasteiger partial charge in [0.2, 0.25) is 0 Å². The molecule has 0 unspecified atom stereocenters.